The molecule has 3 rings (SSSR count). The Morgan fingerprint density at radius 3 is 2.29 bits per heavy atom. The summed E-state index contributed by atoms with van der Waals surface area (Å²) in [6.07, 6.45) is 0. The molecule has 2 aromatic rings. The highest BCUT2D eigenvalue weighted by Crippen LogP contribution is 2.37. The minimum absolute atomic E-state index is 0.00935. The summed E-state index contributed by atoms with van der Waals surface area (Å²) in [6.45, 7) is 1.61. The molecule has 104 valence electrons. The van der Waals surface area contributed by atoms with Gasteiger partial charge in [0.1, 0.15) is 11.3 Å². The van der Waals surface area contributed by atoms with Crippen LogP contribution in [0.5, 0.6) is 5.75 Å². The first-order valence-electron chi connectivity index (χ1n) is 6.13. The zero-order chi connectivity index (χ0) is 15.3. The molecule has 0 saturated heterocycles. The van der Waals surface area contributed by atoms with Crippen LogP contribution in [-0.2, 0) is 0 Å². The Balaban J connectivity index is 2.38. The van der Waals surface area contributed by atoms with E-state index in [1.54, 1.807) is 6.92 Å². The molecule has 0 spiro atoms. The van der Waals surface area contributed by atoms with E-state index in [0.717, 1.165) is 0 Å². The number of aromatic hydroxyl groups is 1. The van der Waals surface area contributed by atoms with Crippen LogP contribution in [0, 0.1) is 17.0 Å². The normalized spacial score (nSPS) is 12.8. The van der Waals surface area contributed by atoms with Crippen molar-refractivity contribution in [3.05, 3.63) is 68.3 Å². The summed E-state index contributed by atoms with van der Waals surface area (Å²) >= 11 is 0. The molecule has 1 aliphatic carbocycles. The fourth-order valence-corrected chi connectivity index (χ4v) is 2.50. The second-order valence-electron chi connectivity index (χ2n) is 4.77. The molecule has 1 N–H and O–H groups in total. The molecule has 0 radical (unpaired) electrons. The van der Waals surface area contributed by atoms with Gasteiger partial charge in [0.15, 0.2) is 5.78 Å². The number of nitrogens with zero attached hydrogens (tertiary/aromatic N) is 1. The number of aryl methyl sites for hydroxylation is 1. The Morgan fingerprint density at radius 2 is 1.62 bits per heavy atom. The van der Waals surface area contributed by atoms with E-state index in [9.17, 15) is 24.8 Å². The zero-order valence-corrected chi connectivity index (χ0v) is 10.9. The van der Waals surface area contributed by atoms with E-state index in [-0.39, 0.29) is 28.0 Å². The smallest absolute Gasteiger partial charge is 0.281 e. The first kappa shape index (κ1) is 13.0. The Labute approximate surface area is 118 Å². The average molecular weight is 283 g/mol. The van der Waals surface area contributed by atoms with Crippen LogP contribution in [0.4, 0.5) is 5.69 Å². The van der Waals surface area contributed by atoms with Gasteiger partial charge in [-0.25, -0.2) is 0 Å². The molecule has 0 atom stereocenters. The molecule has 1 aliphatic rings. The predicted molar refractivity (Wildman–Crippen MR) is 72.8 cm³/mol. The highest BCUT2D eigenvalue weighted by molar-refractivity contribution is 6.30. The Hall–Kier alpha value is -3.02. The van der Waals surface area contributed by atoms with Crippen molar-refractivity contribution >= 4 is 17.3 Å². The van der Waals surface area contributed by atoms with Gasteiger partial charge in [-0.15, -0.1) is 0 Å². The quantitative estimate of drug-likeness (QED) is 0.546. The Morgan fingerprint density at radius 1 is 1.00 bits per heavy atom. The van der Waals surface area contributed by atoms with Crippen molar-refractivity contribution in [2.45, 2.75) is 6.92 Å². The summed E-state index contributed by atoms with van der Waals surface area (Å²) < 4.78 is 0. The van der Waals surface area contributed by atoms with Crippen LogP contribution in [0.2, 0.25) is 0 Å². The molecule has 0 fully saturated rings. The van der Waals surface area contributed by atoms with E-state index in [1.165, 1.54) is 30.3 Å². The van der Waals surface area contributed by atoms with Gasteiger partial charge in [-0.1, -0.05) is 12.1 Å². The number of hydrogen-bond acceptors (Lipinski definition) is 5. The monoisotopic (exact) mass is 283 g/mol. The summed E-state index contributed by atoms with van der Waals surface area (Å²) in [6, 6.07) is 6.79. The lowest BCUT2D eigenvalue weighted by Crippen LogP contribution is -2.22. The number of carbonyl (C=O) groups excluding carboxylic acids is 2. The van der Waals surface area contributed by atoms with Crippen molar-refractivity contribution in [3.63, 3.8) is 0 Å². The number of fused-ring (bicyclic) bond motifs is 2. The van der Waals surface area contributed by atoms with E-state index in [1.807, 2.05) is 0 Å². The molecule has 0 heterocycles. The number of phenols is 1. The van der Waals surface area contributed by atoms with Gasteiger partial charge in [0, 0.05) is 17.2 Å². The first-order chi connectivity index (χ1) is 9.93. The number of benzene rings is 2. The van der Waals surface area contributed by atoms with E-state index in [2.05, 4.69) is 0 Å². The molecule has 0 aliphatic heterocycles. The number of nitro groups is 1. The number of nitro benzene ring substituents is 1. The van der Waals surface area contributed by atoms with Gasteiger partial charge < -0.3 is 5.11 Å². The van der Waals surface area contributed by atoms with Crippen molar-refractivity contribution in [1.82, 2.24) is 0 Å². The number of phenolic OH excluding ortho intramolecular Hbond substituents is 1. The average Bonchev–Trinajstić information content (AvgIpc) is 2.46. The summed E-state index contributed by atoms with van der Waals surface area (Å²) in [5.41, 5.74) is -0.316. The van der Waals surface area contributed by atoms with Crippen LogP contribution < -0.4 is 0 Å². The van der Waals surface area contributed by atoms with E-state index in [0.29, 0.717) is 5.56 Å². The third kappa shape index (κ3) is 1.66. The summed E-state index contributed by atoms with van der Waals surface area (Å²) in [7, 11) is 0. The fourth-order valence-electron chi connectivity index (χ4n) is 2.50. The van der Waals surface area contributed by atoms with Gasteiger partial charge in [-0.05, 0) is 24.6 Å². The number of carbonyl (C=O) groups is 2. The minimum Gasteiger partial charge on any atom is -0.507 e. The molecule has 21 heavy (non-hydrogen) atoms. The summed E-state index contributed by atoms with van der Waals surface area (Å²) in [5, 5.41) is 21.1. The van der Waals surface area contributed by atoms with Gasteiger partial charge in [0.05, 0.1) is 10.5 Å². The van der Waals surface area contributed by atoms with Crippen molar-refractivity contribution in [3.8, 4) is 5.75 Å². The van der Waals surface area contributed by atoms with E-state index >= 15 is 0 Å². The molecule has 2 aromatic carbocycles. The molecule has 0 bridgehead atoms. The molecule has 6 heteroatoms. The van der Waals surface area contributed by atoms with Gasteiger partial charge in [-0.2, -0.15) is 0 Å². The van der Waals surface area contributed by atoms with Gasteiger partial charge in [0.25, 0.3) is 5.69 Å². The van der Waals surface area contributed by atoms with Crippen LogP contribution in [0.1, 0.15) is 37.4 Å². The molecule has 0 amide bonds. The lowest BCUT2D eigenvalue weighted by molar-refractivity contribution is -0.385. The predicted octanol–water partition coefficient (Wildman–Crippen LogP) is 2.38. The maximum absolute atomic E-state index is 12.5. The Bertz CT molecular complexity index is 838. The topological polar surface area (TPSA) is 97.5 Å². The summed E-state index contributed by atoms with van der Waals surface area (Å²) in [4.78, 5) is 35.3. The van der Waals surface area contributed by atoms with Crippen molar-refractivity contribution in [1.29, 1.82) is 0 Å². The van der Waals surface area contributed by atoms with Crippen molar-refractivity contribution < 1.29 is 19.6 Å². The number of rotatable bonds is 1. The zero-order valence-electron chi connectivity index (χ0n) is 10.9. The van der Waals surface area contributed by atoms with Crippen LogP contribution in [0.3, 0.4) is 0 Å². The second kappa shape index (κ2) is 4.24. The lowest BCUT2D eigenvalue weighted by Gasteiger charge is -2.18. The maximum atomic E-state index is 12.5. The van der Waals surface area contributed by atoms with E-state index in [4.69, 9.17) is 0 Å². The molecule has 0 aromatic heterocycles. The third-order valence-corrected chi connectivity index (χ3v) is 3.56. The highest BCUT2D eigenvalue weighted by atomic mass is 16.6. The molecule has 0 saturated carbocycles. The van der Waals surface area contributed by atoms with Crippen LogP contribution in [0.15, 0.2) is 30.3 Å². The molecule has 6 nitrogen and oxygen atoms in total. The lowest BCUT2D eigenvalue weighted by atomic mass is 9.82. The molecular formula is C15H9NO5. The number of hydrogen-bond donors (Lipinski definition) is 1. The fraction of sp³-hybridized carbons (Fsp3) is 0.0667. The largest absolute Gasteiger partial charge is 0.507 e. The minimum atomic E-state index is -0.691. The molecule has 0 unspecified atom stereocenters. The highest BCUT2D eigenvalue weighted by Gasteiger charge is 2.37. The van der Waals surface area contributed by atoms with Crippen molar-refractivity contribution in [2.75, 3.05) is 0 Å². The van der Waals surface area contributed by atoms with Crippen LogP contribution >= 0.6 is 0 Å². The van der Waals surface area contributed by atoms with Gasteiger partial charge >= 0.3 is 0 Å². The second-order valence-corrected chi connectivity index (χ2v) is 4.77. The standard InChI is InChI=1S/C15H9NO5/c1-7-5-6-9-12(13(7)17)15(19)8-3-2-4-10(16(20)21)11(8)14(9)18/h2-6,17H,1H3. The van der Waals surface area contributed by atoms with Gasteiger partial charge in [-0.3, -0.25) is 19.7 Å². The van der Waals surface area contributed by atoms with Crippen LogP contribution in [0.25, 0.3) is 0 Å². The van der Waals surface area contributed by atoms with E-state index < -0.39 is 22.2 Å². The summed E-state index contributed by atoms with van der Waals surface area (Å²) in [5.74, 6) is -1.46. The van der Waals surface area contributed by atoms with Crippen molar-refractivity contribution in [2.24, 2.45) is 0 Å². The molecular weight excluding hydrogens is 274 g/mol. The van der Waals surface area contributed by atoms with Gasteiger partial charge in [0.2, 0.25) is 5.78 Å². The number of ketones is 2. The Kier molecular flexibility index (Phi) is 2.62. The third-order valence-electron chi connectivity index (χ3n) is 3.56. The van der Waals surface area contributed by atoms with Crippen LogP contribution in [-0.4, -0.2) is 21.6 Å². The first-order valence-corrected chi connectivity index (χ1v) is 6.13. The SMILES string of the molecule is Cc1ccc2c(c1O)C(=O)c1cccc([N+](=O)[O-])c1C2=O. The maximum Gasteiger partial charge on any atom is 0.281 e.